The smallest absolute Gasteiger partial charge is 0.253 e. The quantitative estimate of drug-likeness (QED) is 0.679. The molecule has 3 aromatic heterocycles. The molecule has 0 aromatic carbocycles. The van der Waals surface area contributed by atoms with Crippen molar-refractivity contribution in [1.82, 2.24) is 19.8 Å². The molecule has 1 atom stereocenters. The van der Waals surface area contributed by atoms with Crippen molar-refractivity contribution in [3.05, 3.63) is 75.5 Å². The van der Waals surface area contributed by atoms with Crippen molar-refractivity contribution >= 4 is 17.2 Å². The van der Waals surface area contributed by atoms with E-state index in [9.17, 15) is 4.79 Å². The van der Waals surface area contributed by atoms with Crippen LogP contribution in [0.4, 0.5) is 0 Å². The third-order valence-corrected chi connectivity index (χ3v) is 5.79. The number of amides is 1. The average Bonchev–Trinajstić information content (AvgIpc) is 3.26. The first-order valence-corrected chi connectivity index (χ1v) is 9.90. The van der Waals surface area contributed by atoms with Gasteiger partial charge in [-0.15, -0.1) is 11.3 Å². The molecule has 0 bridgehead atoms. The predicted molar refractivity (Wildman–Crippen MR) is 110 cm³/mol. The van der Waals surface area contributed by atoms with Crippen LogP contribution >= 0.6 is 11.3 Å². The van der Waals surface area contributed by atoms with Gasteiger partial charge in [-0.2, -0.15) is 0 Å². The monoisotopic (exact) mass is 382 g/mol. The average molecular weight is 383 g/mol. The van der Waals surface area contributed by atoms with Gasteiger partial charge in [0.25, 0.3) is 5.91 Å². The second-order valence-electron chi connectivity index (χ2n) is 6.90. The van der Waals surface area contributed by atoms with Gasteiger partial charge in [0.2, 0.25) is 0 Å². The molecule has 1 unspecified atom stereocenters. The fourth-order valence-electron chi connectivity index (χ4n) is 3.23. The molecule has 0 saturated heterocycles. The zero-order chi connectivity index (χ0) is 19.4. The van der Waals surface area contributed by atoms with Gasteiger partial charge in [0, 0.05) is 29.0 Å². The van der Waals surface area contributed by atoms with E-state index < -0.39 is 0 Å². The Kier molecular flexibility index (Phi) is 6.08. The Bertz CT molecular complexity index is 885. The molecule has 0 aliphatic carbocycles. The number of likely N-dealkylation sites (N-methyl/N-ethyl adjacent to an activating group) is 1. The SMILES string of the molecule is Cc1cc(C(=O)NCC(c2cccs2)N(C)C)c(C)n1Cc1ccccn1. The standard InChI is InChI=1S/C21H26N4OS/c1-15-12-18(16(2)25(15)14-17-8-5-6-10-22-17)21(26)23-13-19(24(3)4)20-9-7-11-27-20/h5-12,19H,13-14H2,1-4H3,(H,23,26). The lowest BCUT2D eigenvalue weighted by Crippen LogP contribution is -2.34. The zero-order valence-electron chi connectivity index (χ0n) is 16.3. The number of pyridine rings is 1. The van der Waals surface area contributed by atoms with E-state index in [0.717, 1.165) is 22.6 Å². The summed E-state index contributed by atoms with van der Waals surface area (Å²) in [7, 11) is 4.07. The molecule has 0 aliphatic heterocycles. The summed E-state index contributed by atoms with van der Waals surface area (Å²) in [5.41, 5.74) is 3.74. The number of carbonyl (C=O) groups is 1. The Hall–Kier alpha value is -2.44. The molecule has 142 valence electrons. The lowest BCUT2D eigenvalue weighted by molar-refractivity contribution is 0.0941. The highest BCUT2D eigenvalue weighted by Gasteiger charge is 2.20. The Balaban J connectivity index is 1.72. The highest BCUT2D eigenvalue weighted by Crippen LogP contribution is 2.23. The Labute approximate surface area is 164 Å². The van der Waals surface area contributed by atoms with Gasteiger partial charge in [-0.1, -0.05) is 12.1 Å². The van der Waals surface area contributed by atoms with Crippen LogP contribution in [0.25, 0.3) is 0 Å². The van der Waals surface area contributed by atoms with Crippen LogP contribution in [0, 0.1) is 13.8 Å². The summed E-state index contributed by atoms with van der Waals surface area (Å²) in [6, 6.07) is 12.2. The number of hydrogen-bond acceptors (Lipinski definition) is 4. The largest absolute Gasteiger partial charge is 0.350 e. The van der Waals surface area contributed by atoms with Crippen molar-refractivity contribution in [2.24, 2.45) is 0 Å². The van der Waals surface area contributed by atoms with Crippen LogP contribution in [-0.4, -0.2) is 41.0 Å². The molecule has 6 heteroatoms. The molecule has 0 radical (unpaired) electrons. The normalized spacial score (nSPS) is 12.3. The number of rotatable bonds is 7. The molecule has 0 fully saturated rings. The number of hydrogen-bond donors (Lipinski definition) is 1. The van der Waals surface area contributed by atoms with E-state index in [1.165, 1.54) is 4.88 Å². The molecule has 3 heterocycles. The molecule has 1 amide bonds. The fraction of sp³-hybridized carbons (Fsp3) is 0.333. The molecule has 27 heavy (non-hydrogen) atoms. The van der Waals surface area contributed by atoms with Gasteiger partial charge < -0.3 is 14.8 Å². The van der Waals surface area contributed by atoms with Gasteiger partial charge in [0.1, 0.15) is 0 Å². The Morgan fingerprint density at radius 1 is 1.26 bits per heavy atom. The van der Waals surface area contributed by atoms with Crippen LogP contribution in [0.1, 0.15) is 38.4 Å². The molecular formula is C21H26N4OS. The molecule has 5 nitrogen and oxygen atoms in total. The summed E-state index contributed by atoms with van der Waals surface area (Å²) in [6.45, 7) is 5.27. The first kappa shape index (κ1) is 19.3. The lowest BCUT2D eigenvalue weighted by Gasteiger charge is -2.23. The fourth-order valence-corrected chi connectivity index (χ4v) is 4.15. The molecular weight excluding hydrogens is 356 g/mol. The number of aromatic nitrogens is 2. The number of aryl methyl sites for hydroxylation is 1. The third kappa shape index (κ3) is 4.46. The Morgan fingerprint density at radius 3 is 2.70 bits per heavy atom. The number of nitrogens with zero attached hydrogens (tertiary/aromatic N) is 3. The minimum Gasteiger partial charge on any atom is -0.350 e. The van der Waals surface area contributed by atoms with Crippen LogP contribution in [-0.2, 0) is 6.54 Å². The van der Waals surface area contributed by atoms with Crippen molar-refractivity contribution in [3.8, 4) is 0 Å². The summed E-state index contributed by atoms with van der Waals surface area (Å²) in [5.74, 6) is -0.0289. The van der Waals surface area contributed by atoms with Crippen molar-refractivity contribution in [2.45, 2.75) is 26.4 Å². The maximum absolute atomic E-state index is 12.8. The third-order valence-electron chi connectivity index (χ3n) is 4.82. The van der Waals surface area contributed by atoms with Crippen LogP contribution in [0.3, 0.4) is 0 Å². The summed E-state index contributed by atoms with van der Waals surface area (Å²) in [4.78, 5) is 20.6. The van der Waals surface area contributed by atoms with Crippen LogP contribution in [0.2, 0.25) is 0 Å². The topological polar surface area (TPSA) is 50.2 Å². The van der Waals surface area contributed by atoms with Gasteiger partial charge in [0.15, 0.2) is 0 Å². The summed E-state index contributed by atoms with van der Waals surface area (Å²) < 4.78 is 2.14. The summed E-state index contributed by atoms with van der Waals surface area (Å²) >= 11 is 1.71. The number of carbonyl (C=O) groups excluding carboxylic acids is 1. The minimum atomic E-state index is -0.0289. The van der Waals surface area contributed by atoms with Gasteiger partial charge in [0.05, 0.1) is 23.8 Å². The molecule has 0 saturated carbocycles. The first-order valence-electron chi connectivity index (χ1n) is 9.02. The number of nitrogens with one attached hydrogen (secondary N) is 1. The van der Waals surface area contributed by atoms with Gasteiger partial charge in [-0.25, -0.2) is 0 Å². The van der Waals surface area contributed by atoms with Crippen LogP contribution in [0.15, 0.2) is 48.0 Å². The Morgan fingerprint density at radius 2 is 2.07 bits per heavy atom. The van der Waals surface area contributed by atoms with E-state index in [0.29, 0.717) is 13.1 Å². The van der Waals surface area contributed by atoms with Crippen molar-refractivity contribution in [3.63, 3.8) is 0 Å². The molecule has 3 aromatic rings. The van der Waals surface area contributed by atoms with E-state index in [-0.39, 0.29) is 11.9 Å². The summed E-state index contributed by atoms with van der Waals surface area (Å²) in [6.07, 6.45) is 1.79. The van der Waals surface area contributed by atoms with E-state index in [4.69, 9.17) is 0 Å². The highest BCUT2D eigenvalue weighted by atomic mass is 32.1. The minimum absolute atomic E-state index is 0.0289. The number of thiophene rings is 1. The van der Waals surface area contributed by atoms with Crippen molar-refractivity contribution in [2.75, 3.05) is 20.6 Å². The lowest BCUT2D eigenvalue weighted by atomic mass is 10.2. The van der Waals surface area contributed by atoms with Crippen molar-refractivity contribution in [1.29, 1.82) is 0 Å². The van der Waals surface area contributed by atoms with E-state index in [1.807, 2.05) is 58.3 Å². The van der Waals surface area contributed by atoms with Crippen LogP contribution < -0.4 is 5.32 Å². The first-order chi connectivity index (χ1) is 13.0. The van der Waals surface area contributed by atoms with Gasteiger partial charge >= 0.3 is 0 Å². The van der Waals surface area contributed by atoms with Gasteiger partial charge in [-0.05, 0) is 57.6 Å². The second kappa shape index (κ2) is 8.50. The zero-order valence-corrected chi connectivity index (χ0v) is 17.1. The highest BCUT2D eigenvalue weighted by molar-refractivity contribution is 7.10. The van der Waals surface area contributed by atoms with E-state index in [2.05, 4.69) is 31.2 Å². The molecule has 1 N–H and O–H groups in total. The van der Waals surface area contributed by atoms with Gasteiger partial charge in [-0.3, -0.25) is 9.78 Å². The molecule has 3 rings (SSSR count). The molecule has 0 spiro atoms. The maximum Gasteiger partial charge on any atom is 0.253 e. The predicted octanol–water partition coefficient (Wildman–Crippen LogP) is 3.64. The van der Waals surface area contributed by atoms with Crippen molar-refractivity contribution < 1.29 is 4.79 Å². The second-order valence-corrected chi connectivity index (χ2v) is 7.88. The molecule has 0 aliphatic rings. The van der Waals surface area contributed by atoms with E-state index in [1.54, 1.807) is 17.5 Å². The van der Waals surface area contributed by atoms with E-state index >= 15 is 0 Å². The maximum atomic E-state index is 12.8. The summed E-state index contributed by atoms with van der Waals surface area (Å²) in [5, 5.41) is 5.18. The van der Waals surface area contributed by atoms with Crippen LogP contribution in [0.5, 0.6) is 0 Å².